The zero-order valence-electron chi connectivity index (χ0n) is 11.5. The molecule has 7 heteroatoms. The number of aromatic nitrogens is 1. The molecule has 0 bridgehead atoms. The Kier molecular flexibility index (Phi) is 5.33. The van der Waals surface area contributed by atoms with E-state index >= 15 is 0 Å². The van der Waals surface area contributed by atoms with Crippen LogP contribution >= 0.6 is 0 Å². The Morgan fingerprint density at radius 1 is 1.20 bits per heavy atom. The van der Waals surface area contributed by atoms with Crippen LogP contribution < -0.4 is 10.3 Å². The Morgan fingerprint density at radius 2 is 1.95 bits per heavy atom. The molecule has 20 heavy (non-hydrogen) atoms. The molecule has 1 aliphatic heterocycles. The molecule has 0 spiro atoms. The van der Waals surface area contributed by atoms with Gasteiger partial charge in [0.15, 0.2) is 0 Å². The van der Waals surface area contributed by atoms with Crippen molar-refractivity contribution in [1.29, 1.82) is 0 Å². The lowest BCUT2D eigenvalue weighted by Gasteiger charge is -2.26. The van der Waals surface area contributed by atoms with Gasteiger partial charge in [0.25, 0.3) is 0 Å². The number of likely N-dealkylation sites (tertiary alicyclic amines) is 1. The molecular weight excluding hydrogens is 278 g/mol. The second kappa shape index (κ2) is 7.01. The molecule has 1 aromatic heterocycles. The van der Waals surface area contributed by atoms with Gasteiger partial charge < -0.3 is 9.88 Å². The van der Waals surface area contributed by atoms with E-state index in [-0.39, 0.29) is 10.5 Å². The van der Waals surface area contributed by atoms with Crippen LogP contribution in [0.25, 0.3) is 0 Å². The summed E-state index contributed by atoms with van der Waals surface area (Å²) >= 11 is 0. The van der Waals surface area contributed by atoms with E-state index in [1.54, 1.807) is 0 Å². The van der Waals surface area contributed by atoms with E-state index in [1.807, 2.05) is 0 Å². The summed E-state index contributed by atoms with van der Waals surface area (Å²) in [6.07, 6.45) is 5.79. The van der Waals surface area contributed by atoms with Crippen molar-refractivity contribution in [2.75, 3.05) is 26.2 Å². The van der Waals surface area contributed by atoms with Crippen LogP contribution in [0.1, 0.15) is 25.7 Å². The maximum absolute atomic E-state index is 11.9. The smallest absolute Gasteiger partial charge is 0.247 e. The van der Waals surface area contributed by atoms with Crippen molar-refractivity contribution in [2.45, 2.75) is 30.6 Å². The summed E-state index contributed by atoms with van der Waals surface area (Å²) in [7, 11) is -3.52. The van der Waals surface area contributed by atoms with Crippen LogP contribution in [-0.2, 0) is 10.0 Å². The Bertz CT molecular complexity index is 556. The van der Waals surface area contributed by atoms with Crippen molar-refractivity contribution < 1.29 is 8.42 Å². The molecule has 0 aliphatic carbocycles. The zero-order chi connectivity index (χ0) is 14.4. The van der Waals surface area contributed by atoms with Crippen molar-refractivity contribution in [3.05, 3.63) is 28.7 Å². The molecule has 0 aromatic carbocycles. The number of nitrogens with zero attached hydrogens (tertiary/aromatic N) is 1. The molecule has 2 N–H and O–H groups in total. The summed E-state index contributed by atoms with van der Waals surface area (Å²) in [5.74, 6) is 0. The first-order chi connectivity index (χ1) is 9.58. The van der Waals surface area contributed by atoms with E-state index in [2.05, 4.69) is 14.6 Å². The summed E-state index contributed by atoms with van der Waals surface area (Å²) < 4.78 is 26.5. The van der Waals surface area contributed by atoms with E-state index in [4.69, 9.17) is 0 Å². The van der Waals surface area contributed by atoms with Gasteiger partial charge in [-0.3, -0.25) is 4.79 Å². The van der Waals surface area contributed by atoms with Gasteiger partial charge in [0.2, 0.25) is 15.6 Å². The van der Waals surface area contributed by atoms with Gasteiger partial charge in [-0.15, -0.1) is 0 Å². The van der Waals surface area contributed by atoms with Crippen molar-refractivity contribution in [3.63, 3.8) is 0 Å². The van der Waals surface area contributed by atoms with E-state index in [9.17, 15) is 13.2 Å². The van der Waals surface area contributed by atoms with Gasteiger partial charge in [0.05, 0.1) is 4.90 Å². The van der Waals surface area contributed by atoms with Crippen molar-refractivity contribution >= 4 is 10.0 Å². The van der Waals surface area contributed by atoms with E-state index < -0.39 is 10.0 Å². The lowest BCUT2D eigenvalue weighted by atomic mass is 10.1. The molecule has 0 amide bonds. The number of rotatable bonds is 6. The van der Waals surface area contributed by atoms with Crippen LogP contribution in [0.3, 0.4) is 0 Å². The first-order valence-corrected chi connectivity index (χ1v) is 8.47. The number of piperidine rings is 1. The van der Waals surface area contributed by atoms with Crippen molar-refractivity contribution in [2.24, 2.45) is 0 Å². The zero-order valence-corrected chi connectivity index (χ0v) is 12.3. The third-order valence-electron chi connectivity index (χ3n) is 3.46. The Morgan fingerprint density at radius 3 is 2.60 bits per heavy atom. The highest BCUT2D eigenvalue weighted by atomic mass is 32.2. The number of H-pyrrole nitrogens is 1. The third kappa shape index (κ3) is 4.43. The van der Waals surface area contributed by atoms with Crippen molar-refractivity contribution in [3.8, 4) is 0 Å². The van der Waals surface area contributed by atoms with Crippen LogP contribution in [0.15, 0.2) is 28.0 Å². The molecule has 6 nitrogen and oxygen atoms in total. The summed E-state index contributed by atoms with van der Waals surface area (Å²) in [6, 6.07) is 2.52. The van der Waals surface area contributed by atoms with Gasteiger partial charge >= 0.3 is 0 Å². The normalized spacial score (nSPS) is 17.2. The van der Waals surface area contributed by atoms with E-state index in [0.717, 1.165) is 26.1 Å². The molecule has 1 fully saturated rings. The molecular formula is C13H21N3O3S. The predicted octanol–water partition coefficient (Wildman–Crippen LogP) is 0.529. The second-order valence-corrected chi connectivity index (χ2v) is 6.81. The third-order valence-corrected chi connectivity index (χ3v) is 4.92. The topological polar surface area (TPSA) is 82.3 Å². The highest BCUT2D eigenvalue weighted by Crippen LogP contribution is 2.09. The fraction of sp³-hybridized carbons (Fsp3) is 0.615. The Labute approximate surface area is 119 Å². The number of hydrogen-bond donors (Lipinski definition) is 2. The largest absolute Gasteiger partial charge is 0.328 e. The minimum atomic E-state index is -3.52. The minimum Gasteiger partial charge on any atom is -0.328 e. The fourth-order valence-corrected chi connectivity index (χ4v) is 3.38. The van der Waals surface area contributed by atoms with E-state index in [0.29, 0.717) is 6.54 Å². The maximum atomic E-state index is 11.9. The Hall–Kier alpha value is -1.18. The predicted molar refractivity (Wildman–Crippen MR) is 77.2 cm³/mol. The minimum absolute atomic E-state index is 0.0927. The molecule has 0 saturated carbocycles. The number of aromatic amines is 1. The summed E-state index contributed by atoms with van der Waals surface area (Å²) in [5, 5.41) is 0. The first kappa shape index (κ1) is 15.2. The molecule has 0 radical (unpaired) electrons. The van der Waals surface area contributed by atoms with Gasteiger partial charge in [-0.2, -0.15) is 0 Å². The molecule has 1 saturated heterocycles. The molecule has 0 atom stereocenters. The molecule has 1 aliphatic rings. The SMILES string of the molecule is O=c1ccc(S(=O)(=O)NCCCN2CCCCC2)c[nH]1. The number of nitrogens with one attached hydrogen (secondary N) is 2. The van der Waals surface area contributed by atoms with Gasteiger partial charge in [-0.05, 0) is 45.0 Å². The van der Waals surface area contributed by atoms with Crippen LogP contribution in [-0.4, -0.2) is 44.5 Å². The Balaban J connectivity index is 1.77. The van der Waals surface area contributed by atoms with Gasteiger partial charge in [0.1, 0.15) is 0 Å². The molecule has 112 valence electrons. The average molecular weight is 299 g/mol. The van der Waals surface area contributed by atoms with Crippen molar-refractivity contribution in [1.82, 2.24) is 14.6 Å². The quantitative estimate of drug-likeness (QED) is 0.751. The standard InChI is InChI=1S/C13H21N3O3S/c17-13-6-5-12(11-14-13)20(18,19)15-7-4-10-16-8-2-1-3-9-16/h5-6,11,15H,1-4,7-10H2,(H,14,17). The summed E-state index contributed by atoms with van der Waals surface area (Å²) in [5.41, 5.74) is -0.311. The lowest BCUT2D eigenvalue weighted by Crippen LogP contribution is -2.33. The highest BCUT2D eigenvalue weighted by molar-refractivity contribution is 7.89. The number of sulfonamides is 1. The van der Waals surface area contributed by atoms with Gasteiger partial charge in [-0.25, -0.2) is 13.1 Å². The van der Waals surface area contributed by atoms with E-state index in [1.165, 1.54) is 37.6 Å². The molecule has 0 unspecified atom stereocenters. The fourth-order valence-electron chi connectivity index (χ4n) is 2.34. The van der Waals surface area contributed by atoms with Crippen LogP contribution in [0.2, 0.25) is 0 Å². The van der Waals surface area contributed by atoms with Crippen LogP contribution in [0.5, 0.6) is 0 Å². The van der Waals surface area contributed by atoms with Crippen LogP contribution in [0, 0.1) is 0 Å². The highest BCUT2D eigenvalue weighted by Gasteiger charge is 2.14. The van der Waals surface area contributed by atoms with Crippen LogP contribution in [0.4, 0.5) is 0 Å². The molecule has 2 heterocycles. The number of hydrogen-bond acceptors (Lipinski definition) is 4. The number of pyridine rings is 1. The lowest BCUT2D eigenvalue weighted by molar-refractivity contribution is 0.227. The first-order valence-electron chi connectivity index (χ1n) is 6.99. The second-order valence-electron chi connectivity index (χ2n) is 5.04. The van der Waals surface area contributed by atoms with Gasteiger partial charge in [-0.1, -0.05) is 6.42 Å². The summed E-state index contributed by atoms with van der Waals surface area (Å²) in [6.45, 7) is 3.57. The molecule has 2 rings (SSSR count). The summed E-state index contributed by atoms with van der Waals surface area (Å²) in [4.78, 5) is 15.7. The molecule has 1 aromatic rings. The average Bonchev–Trinajstić information content (AvgIpc) is 2.45. The monoisotopic (exact) mass is 299 g/mol. The van der Waals surface area contributed by atoms with Gasteiger partial charge in [0, 0.05) is 18.8 Å². The maximum Gasteiger partial charge on any atom is 0.247 e.